The lowest BCUT2D eigenvalue weighted by Crippen LogP contribution is -2.48. The molecular weight excluding hydrogens is 284 g/mol. The molecule has 0 aromatic heterocycles. The Hall–Kier alpha value is -0.910. The molecule has 2 rings (SSSR count). The molecule has 2 atom stereocenters. The summed E-state index contributed by atoms with van der Waals surface area (Å²) in [5.74, 6) is 0.879. The van der Waals surface area contributed by atoms with E-state index in [-0.39, 0.29) is 0 Å². The molecule has 1 fully saturated rings. The summed E-state index contributed by atoms with van der Waals surface area (Å²) in [6.07, 6.45) is 2.83. The molecule has 1 heterocycles. The topological polar surface area (TPSA) is 49.4 Å². The fourth-order valence-corrected chi connectivity index (χ4v) is 4.52. The summed E-state index contributed by atoms with van der Waals surface area (Å²) in [6, 6.07) is 10.2. The summed E-state index contributed by atoms with van der Waals surface area (Å²) in [4.78, 5) is 0. The molecule has 0 amide bonds. The molecule has 1 aliphatic rings. The van der Waals surface area contributed by atoms with E-state index in [9.17, 15) is 8.42 Å². The van der Waals surface area contributed by atoms with Crippen molar-refractivity contribution in [2.45, 2.75) is 33.1 Å². The lowest BCUT2D eigenvalue weighted by Gasteiger charge is -2.33. The Kier molecular flexibility index (Phi) is 5.79. The van der Waals surface area contributed by atoms with Gasteiger partial charge >= 0.3 is 0 Å². The second-order valence-electron chi connectivity index (χ2n) is 6.25. The Morgan fingerprint density at radius 3 is 2.38 bits per heavy atom. The Labute approximate surface area is 128 Å². The average Bonchev–Trinajstić information content (AvgIpc) is 2.44. The second kappa shape index (κ2) is 7.38. The van der Waals surface area contributed by atoms with Gasteiger partial charge in [0.05, 0.1) is 0 Å². The van der Waals surface area contributed by atoms with Crippen molar-refractivity contribution >= 4 is 10.2 Å². The van der Waals surface area contributed by atoms with E-state index in [1.54, 1.807) is 4.31 Å². The van der Waals surface area contributed by atoms with Crippen molar-refractivity contribution in [3.63, 3.8) is 0 Å². The fourth-order valence-electron chi connectivity index (χ4n) is 3.03. The van der Waals surface area contributed by atoms with Gasteiger partial charge in [-0.05, 0) is 36.7 Å². The Bertz CT molecular complexity index is 520. The van der Waals surface area contributed by atoms with Crippen LogP contribution in [0, 0.1) is 11.8 Å². The van der Waals surface area contributed by atoms with Gasteiger partial charge in [-0.15, -0.1) is 0 Å². The smallest absolute Gasteiger partial charge is 0.202 e. The normalized spacial score (nSPS) is 24.1. The van der Waals surface area contributed by atoms with Crippen LogP contribution in [0.2, 0.25) is 0 Å². The predicted octanol–water partition coefficient (Wildman–Crippen LogP) is 2.43. The van der Waals surface area contributed by atoms with Crippen molar-refractivity contribution in [2.75, 3.05) is 19.6 Å². The lowest BCUT2D eigenvalue weighted by atomic mass is 9.94. The molecule has 0 saturated carbocycles. The summed E-state index contributed by atoms with van der Waals surface area (Å²) in [7, 11) is -3.32. The predicted molar refractivity (Wildman–Crippen MR) is 86.2 cm³/mol. The zero-order valence-electron chi connectivity index (χ0n) is 13.0. The van der Waals surface area contributed by atoms with Crippen molar-refractivity contribution in [2.24, 2.45) is 11.8 Å². The van der Waals surface area contributed by atoms with E-state index in [2.05, 4.69) is 30.7 Å². The highest BCUT2D eigenvalue weighted by atomic mass is 32.2. The zero-order chi connectivity index (χ0) is 15.3. The number of hydrogen-bond donors (Lipinski definition) is 1. The van der Waals surface area contributed by atoms with Gasteiger partial charge in [-0.2, -0.15) is 12.7 Å². The van der Waals surface area contributed by atoms with Crippen molar-refractivity contribution in [1.29, 1.82) is 0 Å². The van der Waals surface area contributed by atoms with Crippen LogP contribution < -0.4 is 4.72 Å². The second-order valence-corrected chi connectivity index (χ2v) is 8.01. The molecule has 0 radical (unpaired) electrons. The summed E-state index contributed by atoms with van der Waals surface area (Å²) in [5, 5.41) is 0. The molecular formula is C16H26N2O2S. The third-order valence-corrected chi connectivity index (χ3v) is 5.49. The van der Waals surface area contributed by atoms with E-state index in [4.69, 9.17) is 0 Å². The van der Waals surface area contributed by atoms with Gasteiger partial charge in [0, 0.05) is 19.6 Å². The maximum Gasteiger partial charge on any atom is 0.279 e. The maximum absolute atomic E-state index is 12.3. The molecule has 1 aromatic rings. The highest BCUT2D eigenvalue weighted by Gasteiger charge is 2.29. The van der Waals surface area contributed by atoms with Gasteiger partial charge in [0.1, 0.15) is 0 Å². The third-order valence-electron chi connectivity index (χ3n) is 3.94. The standard InChI is InChI=1S/C16H26N2O2S/c1-14-11-15(2)13-18(12-14)21(19,20)17-10-6-9-16-7-4-3-5-8-16/h3-5,7-8,14-15,17H,6,9-13H2,1-2H3. The van der Waals surface area contributed by atoms with Gasteiger partial charge in [-0.1, -0.05) is 44.2 Å². The summed E-state index contributed by atoms with van der Waals surface area (Å²) < 4.78 is 28.9. The molecule has 1 aromatic carbocycles. The first kappa shape index (κ1) is 16.5. The Morgan fingerprint density at radius 1 is 1.14 bits per heavy atom. The van der Waals surface area contributed by atoms with Crippen molar-refractivity contribution in [3.05, 3.63) is 35.9 Å². The Morgan fingerprint density at radius 2 is 1.76 bits per heavy atom. The van der Waals surface area contributed by atoms with Crippen molar-refractivity contribution in [3.8, 4) is 0 Å². The highest BCUT2D eigenvalue weighted by molar-refractivity contribution is 7.87. The molecule has 1 N–H and O–H groups in total. The molecule has 0 bridgehead atoms. The SMILES string of the molecule is CC1CC(C)CN(S(=O)(=O)NCCCc2ccccc2)C1. The number of piperidine rings is 1. The third kappa shape index (κ3) is 5.09. The first-order valence-corrected chi connectivity index (χ1v) is 9.20. The molecule has 5 heteroatoms. The van der Waals surface area contributed by atoms with Gasteiger partial charge in [0.2, 0.25) is 0 Å². The fraction of sp³-hybridized carbons (Fsp3) is 0.625. The number of aryl methyl sites for hydroxylation is 1. The van der Waals surface area contributed by atoms with E-state index < -0.39 is 10.2 Å². The van der Waals surface area contributed by atoms with Gasteiger partial charge in [-0.3, -0.25) is 0 Å². The molecule has 1 saturated heterocycles. The Balaban J connectivity index is 1.78. The van der Waals surface area contributed by atoms with Crippen LogP contribution >= 0.6 is 0 Å². The number of nitrogens with zero attached hydrogens (tertiary/aromatic N) is 1. The van der Waals surface area contributed by atoms with Crippen LogP contribution in [0.3, 0.4) is 0 Å². The first-order valence-electron chi connectivity index (χ1n) is 7.76. The molecule has 118 valence electrons. The zero-order valence-corrected chi connectivity index (χ0v) is 13.8. The molecule has 0 aliphatic carbocycles. The van der Waals surface area contributed by atoms with Crippen molar-refractivity contribution < 1.29 is 8.42 Å². The lowest BCUT2D eigenvalue weighted by molar-refractivity contribution is 0.220. The van der Waals surface area contributed by atoms with Crippen LogP contribution in [0.5, 0.6) is 0 Å². The number of hydrogen-bond acceptors (Lipinski definition) is 2. The minimum absolute atomic E-state index is 0.439. The number of benzene rings is 1. The summed E-state index contributed by atoms with van der Waals surface area (Å²) in [5.41, 5.74) is 1.25. The highest BCUT2D eigenvalue weighted by Crippen LogP contribution is 2.22. The van der Waals surface area contributed by atoms with E-state index in [0.717, 1.165) is 19.3 Å². The number of nitrogens with one attached hydrogen (secondary N) is 1. The first-order chi connectivity index (χ1) is 9.97. The number of rotatable bonds is 6. The molecule has 0 spiro atoms. The van der Waals surface area contributed by atoms with Crippen LogP contribution in [0.15, 0.2) is 30.3 Å². The van der Waals surface area contributed by atoms with E-state index in [1.165, 1.54) is 5.56 Å². The van der Waals surface area contributed by atoms with Crippen LogP contribution in [-0.2, 0) is 16.6 Å². The van der Waals surface area contributed by atoms with Crippen LogP contribution in [0.1, 0.15) is 32.3 Å². The molecule has 1 aliphatic heterocycles. The van der Waals surface area contributed by atoms with Crippen LogP contribution in [0.4, 0.5) is 0 Å². The van der Waals surface area contributed by atoms with Gasteiger partial charge in [0.15, 0.2) is 0 Å². The van der Waals surface area contributed by atoms with Gasteiger partial charge in [0.25, 0.3) is 10.2 Å². The average molecular weight is 310 g/mol. The molecule has 4 nitrogen and oxygen atoms in total. The van der Waals surface area contributed by atoms with Crippen LogP contribution in [0.25, 0.3) is 0 Å². The van der Waals surface area contributed by atoms with Crippen LogP contribution in [-0.4, -0.2) is 32.4 Å². The molecule has 2 unspecified atom stereocenters. The largest absolute Gasteiger partial charge is 0.279 e. The maximum atomic E-state index is 12.3. The summed E-state index contributed by atoms with van der Waals surface area (Å²) in [6.45, 7) is 6.01. The van der Waals surface area contributed by atoms with Crippen molar-refractivity contribution in [1.82, 2.24) is 9.03 Å². The summed E-state index contributed by atoms with van der Waals surface area (Å²) >= 11 is 0. The van der Waals surface area contributed by atoms with Gasteiger partial charge < -0.3 is 0 Å². The quantitative estimate of drug-likeness (QED) is 0.820. The monoisotopic (exact) mass is 310 g/mol. The minimum Gasteiger partial charge on any atom is -0.202 e. The van der Waals surface area contributed by atoms with Gasteiger partial charge in [-0.25, -0.2) is 4.72 Å². The molecule has 21 heavy (non-hydrogen) atoms. The minimum atomic E-state index is -3.32. The van der Waals surface area contributed by atoms with E-state index in [0.29, 0.717) is 31.5 Å². The van der Waals surface area contributed by atoms with E-state index in [1.807, 2.05) is 18.2 Å². The van der Waals surface area contributed by atoms with E-state index >= 15 is 0 Å².